The summed E-state index contributed by atoms with van der Waals surface area (Å²) in [5.41, 5.74) is 6.51. The predicted octanol–water partition coefficient (Wildman–Crippen LogP) is 1.38. The fourth-order valence-corrected chi connectivity index (χ4v) is 3.17. The molecule has 2 heterocycles. The number of nitrogens with zero attached hydrogens (tertiary/aromatic N) is 3. The van der Waals surface area contributed by atoms with Gasteiger partial charge in [0.1, 0.15) is 0 Å². The van der Waals surface area contributed by atoms with Gasteiger partial charge in [0.05, 0.1) is 5.92 Å². The molecule has 0 aliphatic carbocycles. The second-order valence-electron chi connectivity index (χ2n) is 6.65. The molecular formula is C19H33IN6O. The van der Waals surface area contributed by atoms with Crippen molar-refractivity contribution in [3.63, 3.8) is 0 Å². The Labute approximate surface area is 179 Å². The Morgan fingerprint density at radius 1 is 1.41 bits per heavy atom. The van der Waals surface area contributed by atoms with Crippen molar-refractivity contribution in [2.75, 3.05) is 39.3 Å². The van der Waals surface area contributed by atoms with Gasteiger partial charge in [-0.05, 0) is 51.4 Å². The zero-order valence-corrected chi connectivity index (χ0v) is 18.5. The van der Waals surface area contributed by atoms with E-state index in [-0.39, 0.29) is 35.8 Å². The molecule has 1 saturated heterocycles. The van der Waals surface area contributed by atoms with E-state index in [0.717, 1.165) is 76.6 Å². The lowest BCUT2D eigenvalue weighted by atomic mass is 9.97. The second kappa shape index (κ2) is 13.7. The SMILES string of the molecule is CCNC(=NCCCN1CCCC(C(N)=O)C1)NCCc1ccccn1.I. The van der Waals surface area contributed by atoms with Crippen molar-refractivity contribution in [3.05, 3.63) is 30.1 Å². The van der Waals surface area contributed by atoms with E-state index in [1.807, 2.05) is 24.4 Å². The quantitative estimate of drug-likeness (QED) is 0.211. The molecule has 1 fully saturated rings. The number of hydrogen-bond donors (Lipinski definition) is 3. The maximum absolute atomic E-state index is 11.3. The van der Waals surface area contributed by atoms with Crippen molar-refractivity contribution in [2.24, 2.45) is 16.6 Å². The average molecular weight is 488 g/mol. The van der Waals surface area contributed by atoms with Gasteiger partial charge in [-0.2, -0.15) is 0 Å². The summed E-state index contributed by atoms with van der Waals surface area (Å²) in [6.07, 6.45) is 5.64. The fourth-order valence-electron chi connectivity index (χ4n) is 3.17. The number of carbonyl (C=O) groups excluding carboxylic acids is 1. The number of nitrogens with one attached hydrogen (secondary N) is 2. The third-order valence-corrected chi connectivity index (χ3v) is 4.55. The molecule has 1 aliphatic rings. The minimum Gasteiger partial charge on any atom is -0.369 e. The number of rotatable bonds is 9. The lowest BCUT2D eigenvalue weighted by Gasteiger charge is -2.30. The summed E-state index contributed by atoms with van der Waals surface area (Å²) in [6.45, 7) is 7.26. The highest BCUT2D eigenvalue weighted by Gasteiger charge is 2.23. The highest BCUT2D eigenvalue weighted by molar-refractivity contribution is 14.0. The lowest BCUT2D eigenvalue weighted by Crippen LogP contribution is -2.41. The van der Waals surface area contributed by atoms with Crippen LogP contribution in [0.2, 0.25) is 0 Å². The van der Waals surface area contributed by atoms with Crippen molar-refractivity contribution in [2.45, 2.75) is 32.6 Å². The molecule has 7 nitrogen and oxygen atoms in total. The molecule has 0 bridgehead atoms. The maximum Gasteiger partial charge on any atom is 0.221 e. The van der Waals surface area contributed by atoms with E-state index in [4.69, 9.17) is 5.73 Å². The monoisotopic (exact) mass is 488 g/mol. The zero-order valence-electron chi connectivity index (χ0n) is 16.2. The van der Waals surface area contributed by atoms with Gasteiger partial charge in [-0.3, -0.25) is 14.8 Å². The van der Waals surface area contributed by atoms with E-state index in [9.17, 15) is 4.79 Å². The van der Waals surface area contributed by atoms with E-state index in [1.54, 1.807) is 0 Å². The Hall–Kier alpha value is -1.42. The van der Waals surface area contributed by atoms with Crippen molar-refractivity contribution in [1.82, 2.24) is 20.5 Å². The van der Waals surface area contributed by atoms with Gasteiger partial charge in [-0.15, -0.1) is 24.0 Å². The van der Waals surface area contributed by atoms with Crippen LogP contribution < -0.4 is 16.4 Å². The number of pyridine rings is 1. The molecular weight excluding hydrogens is 455 g/mol. The van der Waals surface area contributed by atoms with Crippen molar-refractivity contribution in [1.29, 1.82) is 0 Å². The number of carbonyl (C=O) groups is 1. The van der Waals surface area contributed by atoms with Crippen LogP contribution >= 0.6 is 24.0 Å². The highest BCUT2D eigenvalue weighted by Crippen LogP contribution is 2.15. The summed E-state index contributed by atoms with van der Waals surface area (Å²) < 4.78 is 0. The molecule has 27 heavy (non-hydrogen) atoms. The first kappa shape index (κ1) is 23.6. The van der Waals surface area contributed by atoms with Gasteiger partial charge >= 0.3 is 0 Å². The van der Waals surface area contributed by atoms with Gasteiger partial charge in [-0.1, -0.05) is 6.07 Å². The summed E-state index contributed by atoms with van der Waals surface area (Å²) >= 11 is 0. The number of halogens is 1. The minimum atomic E-state index is -0.167. The van der Waals surface area contributed by atoms with Gasteiger partial charge in [0.25, 0.3) is 0 Å². The first-order chi connectivity index (χ1) is 12.7. The lowest BCUT2D eigenvalue weighted by molar-refractivity contribution is -0.123. The average Bonchev–Trinajstić information content (AvgIpc) is 2.66. The van der Waals surface area contributed by atoms with E-state index >= 15 is 0 Å². The van der Waals surface area contributed by atoms with Crippen LogP contribution in [0.1, 0.15) is 31.9 Å². The van der Waals surface area contributed by atoms with Crippen molar-refractivity contribution in [3.8, 4) is 0 Å². The molecule has 1 amide bonds. The molecule has 4 N–H and O–H groups in total. The molecule has 1 unspecified atom stereocenters. The van der Waals surface area contributed by atoms with Crippen LogP contribution in [0.15, 0.2) is 29.4 Å². The summed E-state index contributed by atoms with van der Waals surface area (Å²) in [5.74, 6) is 0.689. The molecule has 1 atom stereocenters. The summed E-state index contributed by atoms with van der Waals surface area (Å²) in [4.78, 5) is 22.6. The third-order valence-electron chi connectivity index (χ3n) is 4.55. The zero-order chi connectivity index (χ0) is 18.6. The maximum atomic E-state index is 11.3. The van der Waals surface area contributed by atoms with Gasteiger partial charge in [0.15, 0.2) is 5.96 Å². The van der Waals surface area contributed by atoms with Gasteiger partial charge in [-0.25, -0.2) is 0 Å². The molecule has 8 heteroatoms. The van der Waals surface area contributed by atoms with Crippen LogP contribution in [-0.4, -0.2) is 61.0 Å². The Kier molecular flexibility index (Phi) is 12.0. The van der Waals surface area contributed by atoms with Crippen LogP contribution in [0, 0.1) is 5.92 Å². The Morgan fingerprint density at radius 3 is 2.96 bits per heavy atom. The summed E-state index contributed by atoms with van der Waals surface area (Å²) in [5, 5.41) is 6.63. The molecule has 0 saturated carbocycles. The van der Waals surface area contributed by atoms with Gasteiger partial charge in [0.2, 0.25) is 5.91 Å². The normalized spacial score (nSPS) is 17.8. The van der Waals surface area contributed by atoms with Crippen LogP contribution in [0.3, 0.4) is 0 Å². The van der Waals surface area contributed by atoms with Gasteiger partial charge < -0.3 is 21.3 Å². The Morgan fingerprint density at radius 2 is 2.26 bits per heavy atom. The van der Waals surface area contributed by atoms with Crippen LogP contribution in [0.5, 0.6) is 0 Å². The molecule has 0 aromatic carbocycles. The molecule has 1 aromatic rings. The number of likely N-dealkylation sites (tertiary alicyclic amines) is 1. The molecule has 1 aromatic heterocycles. The number of primary amides is 1. The third kappa shape index (κ3) is 9.37. The second-order valence-corrected chi connectivity index (χ2v) is 6.65. The van der Waals surface area contributed by atoms with Crippen LogP contribution in [-0.2, 0) is 11.2 Å². The van der Waals surface area contributed by atoms with Crippen molar-refractivity contribution < 1.29 is 4.79 Å². The van der Waals surface area contributed by atoms with E-state index in [2.05, 4.69) is 32.4 Å². The number of guanidine groups is 1. The van der Waals surface area contributed by atoms with Crippen molar-refractivity contribution >= 4 is 35.8 Å². The van der Waals surface area contributed by atoms with Gasteiger partial charge in [0, 0.05) is 44.5 Å². The molecule has 152 valence electrons. The largest absolute Gasteiger partial charge is 0.369 e. The first-order valence-electron chi connectivity index (χ1n) is 9.62. The molecule has 0 spiro atoms. The number of amides is 1. The molecule has 0 radical (unpaired) electrons. The number of aliphatic imine (C=N–C) groups is 1. The Balaban J connectivity index is 0.00000364. The molecule has 1 aliphatic heterocycles. The number of nitrogens with two attached hydrogens (primary N) is 1. The Bertz CT molecular complexity index is 569. The van der Waals surface area contributed by atoms with E-state index in [1.165, 1.54) is 0 Å². The van der Waals surface area contributed by atoms with Crippen LogP contribution in [0.25, 0.3) is 0 Å². The van der Waals surface area contributed by atoms with E-state index < -0.39 is 0 Å². The first-order valence-corrected chi connectivity index (χ1v) is 9.62. The predicted molar refractivity (Wildman–Crippen MR) is 120 cm³/mol. The fraction of sp³-hybridized carbons (Fsp3) is 0.632. The standard InChI is InChI=1S/C19H32N6O.HI/c1-2-21-19(24-12-9-17-8-3-4-10-22-17)23-11-6-14-25-13-5-7-16(15-25)18(20)26;/h3-4,8,10,16H,2,5-7,9,11-15H2,1H3,(H2,20,26)(H2,21,23,24);1H. The minimum absolute atomic E-state index is 0. The smallest absolute Gasteiger partial charge is 0.221 e. The number of piperidine rings is 1. The van der Waals surface area contributed by atoms with Crippen LogP contribution in [0.4, 0.5) is 0 Å². The summed E-state index contributed by atoms with van der Waals surface area (Å²) in [6, 6.07) is 5.96. The highest BCUT2D eigenvalue weighted by atomic mass is 127. The molecule has 2 rings (SSSR count). The van der Waals surface area contributed by atoms with E-state index in [0.29, 0.717) is 0 Å². The number of hydrogen-bond acceptors (Lipinski definition) is 4. The summed E-state index contributed by atoms with van der Waals surface area (Å²) in [7, 11) is 0. The number of aromatic nitrogens is 1. The topological polar surface area (TPSA) is 95.6 Å².